The number of nitrogens with one attached hydrogen (secondary N) is 1. The Hall–Kier alpha value is -0.0400. The molecule has 0 aromatic rings. The summed E-state index contributed by atoms with van der Waals surface area (Å²) in [6.07, 6.45) is 12.3. The van der Waals surface area contributed by atoms with Crippen molar-refractivity contribution in [2.45, 2.75) is 77.3 Å². The van der Waals surface area contributed by atoms with Gasteiger partial charge in [0.1, 0.15) is 0 Å². The van der Waals surface area contributed by atoms with Gasteiger partial charge < -0.3 is 5.32 Å². The van der Waals surface area contributed by atoms with Crippen molar-refractivity contribution in [1.29, 1.82) is 0 Å². The lowest BCUT2D eigenvalue weighted by Crippen LogP contribution is -2.56. The van der Waals surface area contributed by atoms with Crippen molar-refractivity contribution in [3.63, 3.8) is 0 Å². The van der Waals surface area contributed by atoms with Crippen LogP contribution in [0.15, 0.2) is 0 Å². The molecular formula is C17H29N. The molecule has 5 saturated carbocycles. The van der Waals surface area contributed by atoms with Crippen LogP contribution in [0.2, 0.25) is 0 Å². The first-order chi connectivity index (χ1) is 8.64. The smallest absolute Gasteiger partial charge is 0.00980 e. The maximum Gasteiger partial charge on any atom is 0.00980 e. The molecule has 0 aromatic carbocycles. The number of hydrogen-bond acceptors (Lipinski definition) is 1. The Morgan fingerprint density at radius 2 is 1.39 bits per heavy atom. The van der Waals surface area contributed by atoms with Crippen LogP contribution < -0.4 is 5.32 Å². The first kappa shape index (κ1) is 11.8. The molecule has 5 fully saturated rings. The predicted molar refractivity (Wildman–Crippen MR) is 75.4 cm³/mol. The van der Waals surface area contributed by atoms with E-state index in [-0.39, 0.29) is 0 Å². The van der Waals surface area contributed by atoms with E-state index in [0.717, 1.165) is 35.8 Å². The summed E-state index contributed by atoms with van der Waals surface area (Å²) >= 11 is 0. The van der Waals surface area contributed by atoms with E-state index in [9.17, 15) is 0 Å². The minimum Gasteiger partial charge on any atom is -0.311 e. The molecule has 1 nitrogen and oxygen atoms in total. The third kappa shape index (κ3) is 1.85. The molecule has 4 bridgehead atoms. The van der Waals surface area contributed by atoms with E-state index in [0.29, 0.717) is 5.41 Å². The maximum atomic E-state index is 4.00. The van der Waals surface area contributed by atoms with Gasteiger partial charge in [0.2, 0.25) is 0 Å². The fraction of sp³-hybridized carbons (Fsp3) is 1.00. The average Bonchev–Trinajstić information content (AvgIpc) is 3.10. The Labute approximate surface area is 112 Å². The van der Waals surface area contributed by atoms with E-state index in [1.54, 1.807) is 38.5 Å². The Kier molecular flexibility index (Phi) is 2.60. The Balaban J connectivity index is 1.48. The van der Waals surface area contributed by atoms with Crippen LogP contribution in [0.5, 0.6) is 0 Å². The van der Waals surface area contributed by atoms with Crippen LogP contribution in [0.4, 0.5) is 0 Å². The van der Waals surface area contributed by atoms with Crippen molar-refractivity contribution in [3.05, 3.63) is 0 Å². The van der Waals surface area contributed by atoms with E-state index in [1.807, 2.05) is 0 Å². The van der Waals surface area contributed by atoms with Crippen LogP contribution in [0, 0.1) is 29.1 Å². The zero-order valence-corrected chi connectivity index (χ0v) is 12.1. The van der Waals surface area contributed by atoms with Crippen molar-refractivity contribution >= 4 is 0 Å². The van der Waals surface area contributed by atoms with Crippen molar-refractivity contribution in [2.24, 2.45) is 29.1 Å². The highest BCUT2D eigenvalue weighted by molar-refractivity contribution is 5.05. The van der Waals surface area contributed by atoms with E-state index in [1.165, 1.54) is 12.8 Å². The van der Waals surface area contributed by atoms with Crippen LogP contribution in [-0.2, 0) is 0 Å². The van der Waals surface area contributed by atoms with Gasteiger partial charge >= 0.3 is 0 Å². The highest BCUT2D eigenvalue weighted by Gasteiger charge is 2.53. The Morgan fingerprint density at radius 3 is 1.83 bits per heavy atom. The van der Waals surface area contributed by atoms with Gasteiger partial charge in [0, 0.05) is 12.1 Å². The summed E-state index contributed by atoms with van der Waals surface area (Å²) in [6.45, 7) is 4.93. The van der Waals surface area contributed by atoms with Gasteiger partial charge in [-0.2, -0.15) is 0 Å². The van der Waals surface area contributed by atoms with E-state index in [4.69, 9.17) is 0 Å². The van der Waals surface area contributed by atoms with Gasteiger partial charge in [-0.1, -0.05) is 0 Å². The molecule has 5 rings (SSSR count). The molecule has 18 heavy (non-hydrogen) atoms. The lowest BCUT2D eigenvalue weighted by Gasteiger charge is -2.59. The van der Waals surface area contributed by atoms with Crippen LogP contribution >= 0.6 is 0 Å². The molecule has 2 atom stereocenters. The lowest BCUT2D eigenvalue weighted by molar-refractivity contribution is -0.0721. The molecular weight excluding hydrogens is 218 g/mol. The second kappa shape index (κ2) is 3.98. The molecule has 0 spiro atoms. The fourth-order valence-corrected chi connectivity index (χ4v) is 6.01. The molecule has 0 saturated heterocycles. The van der Waals surface area contributed by atoms with Gasteiger partial charge in [0.15, 0.2) is 0 Å². The minimum absolute atomic E-state index is 0.692. The summed E-state index contributed by atoms with van der Waals surface area (Å²) in [5, 5.41) is 4.00. The SMILES string of the molecule is CC(NC(C)C12CC3CC(CC(C3)C1)C2)C1CC1. The highest BCUT2D eigenvalue weighted by Crippen LogP contribution is 2.61. The summed E-state index contributed by atoms with van der Waals surface area (Å²) in [4.78, 5) is 0. The van der Waals surface area contributed by atoms with Crippen molar-refractivity contribution in [2.75, 3.05) is 0 Å². The molecule has 1 N–H and O–H groups in total. The van der Waals surface area contributed by atoms with Gasteiger partial charge in [0.05, 0.1) is 0 Å². The predicted octanol–water partition coefficient (Wildman–Crippen LogP) is 3.98. The molecule has 2 unspecified atom stereocenters. The third-order valence-corrected chi connectivity index (χ3v) is 6.85. The Morgan fingerprint density at radius 1 is 0.889 bits per heavy atom. The van der Waals surface area contributed by atoms with Gasteiger partial charge in [-0.3, -0.25) is 0 Å². The van der Waals surface area contributed by atoms with Crippen molar-refractivity contribution in [1.82, 2.24) is 5.32 Å². The first-order valence-electron chi connectivity index (χ1n) is 8.41. The Bertz CT molecular complexity index is 295. The van der Waals surface area contributed by atoms with Crippen LogP contribution in [0.25, 0.3) is 0 Å². The molecule has 5 aliphatic rings. The molecule has 0 amide bonds. The largest absolute Gasteiger partial charge is 0.311 e. The summed E-state index contributed by atoms with van der Waals surface area (Å²) in [7, 11) is 0. The van der Waals surface area contributed by atoms with E-state index >= 15 is 0 Å². The molecule has 5 aliphatic carbocycles. The molecule has 0 radical (unpaired) electrons. The number of rotatable bonds is 4. The monoisotopic (exact) mass is 247 g/mol. The highest BCUT2D eigenvalue weighted by atomic mass is 15.0. The average molecular weight is 247 g/mol. The summed E-state index contributed by atoms with van der Waals surface area (Å²) in [5.41, 5.74) is 0.692. The van der Waals surface area contributed by atoms with Gasteiger partial charge in [-0.15, -0.1) is 0 Å². The second-order valence-electron chi connectivity index (χ2n) is 8.29. The first-order valence-corrected chi connectivity index (χ1v) is 8.41. The minimum atomic E-state index is 0.692. The van der Waals surface area contributed by atoms with Crippen LogP contribution in [-0.4, -0.2) is 12.1 Å². The second-order valence-corrected chi connectivity index (χ2v) is 8.29. The zero-order valence-electron chi connectivity index (χ0n) is 12.1. The third-order valence-electron chi connectivity index (χ3n) is 6.85. The summed E-state index contributed by atoms with van der Waals surface area (Å²) in [6, 6.07) is 1.54. The zero-order chi connectivity index (χ0) is 12.3. The normalized spacial score (nSPS) is 49.3. The molecule has 1 heteroatoms. The van der Waals surface area contributed by atoms with Crippen LogP contribution in [0.3, 0.4) is 0 Å². The van der Waals surface area contributed by atoms with Gasteiger partial charge in [0.25, 0.3) is 0 Å². The van der Waals surface area contributed by atoms with E-state index in [2.05, 4.69) is 19.2 Å². The fourth-order valence-electron chi connectivity index (χ4n) is 6.01. The van der Waals surface area contributed by atoms with Crippen molar-refractivity contribution in [3.8, 4) is 0 Å². The molecule has 102 valence electrons. The van der Waals surface area contributed by atoms with Crippen LogP contribution in [0.1, 0.15) is 65.2 Å². The van der Waals surface area contributed by atoms with Gasteiger partial charge in [-0.05, 0) is 94.3 Å². The topological polar surface area (TPSA) is 12.0 Å². The van der Waals surface area contributed by atoms with E-state index < -0.39 is 0 Å². The summed E-state index contributed by atoms with van der Waals surface area (Å²) in [5.74, 6) is 4.28. The standard InChI is InChI=1S/C17H29N/c1-11(16-3-4-16)18-12(2)17-8-13-5-14(9-17)7-15(6-13)10-17/h11-16,18H,3-10H2,1-2H3. The quantitative estimate of drug-likeness (QED) is 0.792. The summed E-state index contributed by atoms with van der Waals surface area (Å²) < 4.78 is 0. The molecule has 0 aromatic heterocycles. The van der Waals surface area contributed by atoms with Gasteiger partial charge in [-0.25, -0.2) is 0 Å². The van der Waals surface area contributed by atoms with Crippen molar-refractivity contribution < 1.29 is 0 Å². The molecule has 0 heterocycles. The molecule has 0 aliphatic heterocycles. The number of hydrogen-bond donors (Lipinski definition) is 1. The lowest BCUT2D eigenvalue weighted by atomic mass is 9.48. The maximum absolute atomic E-state index is 4.00.